The lowest BCUT2D eigenvalue weighted by Gasteiger charge is -2.08. The van der Waals surface area contributed by atoms with Crippen LogP contribution < -0.4 is 10.1 Å². The maximum Gasteiger partial charge on any atom is 0.401 e. The number of alkyl halides is 3. The van der Waals surface area contributed by atoms with Gasteiger partial charge in [-0.05, 0) is 0 Å². The van der Waals surface area contributed by atoms with Gasteiger partial charge in [0.05, 0.1) is 13.7 Å². The van der Waals surface area contributed by atoms with E-state index in [9.17, 15) is 13.2 Å². The minimum atomic E-state index is -4.22. The van der Waals surface area contributed by atoms with Crippen molar-refractivity contribution in [3.8, 4) is 5.88 Å². The van der Waals surface area contributed by atoms with E-state index in [-0.39, 0.29) is 6.54 Å². The number of nitrogens with zero attached hydrogens (tertiary/aromatic N) is 2. The van der Waals surface area contributed by atoms with E-state index in [4.69, 9.17) is 4.74 Å². The maximum atomic E-state index is 12.0. The van der Waals surface area contributed by atoms with Crippen LogP contribution in [-0.4, -0.2) is 29.2 Å². The van der Waals surface area contributed by atoms with Crippen LogP contribution in [0.3, 0.4) is 0 Å². The van der Waals surface area contributed by atoms with Crippen molar-refractivity contribution in [1.82, 2.24) is 14.7 Å². The zero-order valence-corrected chi connectivity index (χ0v) is 9.73. The van der Waals surface area contributed by atoms with Crippen LogP contribution in [0.15, 0.2) is 11.6 Å². The third-order valence-corrected chi connectivity index (χ3v) is 2.89. The van der Waals surface area contributed by atoms with Crippen molar-refractivity contribution in [3.05, 3.63) is 17.3 Å². The molecule has 0 radical (unpaired) electrons. The summed E-state index contributed by atoms with van der Waals surface area (Å²) >= 11 is 1.40. The second kappa shape index (κ2) is 4.53. The molecule has 2 rings (SSSR count). The van der Waals surface area contributed by atoms with E-state index in [0.29, 0.717) is 16.5 Å². The van der Waals surface area contributed by atoms with Gasteiger partial charge in [0, 0.05) is 18.1 Å². The van der Waals surface area contributed by atoms with Gasteiger partial charge in [0.25, 0.3) is 0 Å². The highest BCUT2D eigenvalue weighted by Crippen LogP contribution is 2.23. The minimum Gasteiger partial charge on any atom is -0.480 e. The molecule has 0 atom stereocenters. The van der Waals surface area contributed by atoms with Crippen molar-refractivity contribution in [3.63, 3.8) is 0 Å². The molecule has 1 N–H and O–H groups in total. The Labute approximate surface area is 99.0 Å². The van der Waals surface area contributed by atoms with Gasteiger partial charge < -0.3 is 10.1 Å². The minimum absolute atomic E-state index is 0.0561. The van der Waals surface area contributed by atoms with Crippen LogP contribution in [0.4, 0.5) is 13.2 Å². The molecule has 17 heavy (non-hydrogen) atoms. The molecule has 0 unspecified atom stereocenters. The molecule has 0 aliphatic carbocycles. The molecule has 2 heterocycles. The number of rotatable bonds is 4. The number of hydrogen-bond donors (Lipinski definition) is 1. The lowest BCUT2D eigenvalue weighted by molar-refractivity contribution is -0.125. The molecule has 0 bridgehead atoms. The van der Waals surface area contributed by atoms with Crippen LogP contribution in [0.25, 0.3) is 4.96 Å². The van der Waals surface area contributed by atoms with Crippen LogP contribution in [0.5, 0.6) is 5.88 Å². The van der Waals surface area contributed by atoms with Gasteiger partial charge in [-0.2, -0.15) is 18.2 Å². The standard InChI is InChI=1S/C9H10F3N3OS/c1-16-7-6(4-13-5-9(10,11)12)15-2-3-17-8(15)14-7/h2-3,13H,4-5H2,1H3. The molecule has 94 valence electrons. The average molecular weight is 265 g/mol. The Morgan fingerprint density at radius 3 is 2.94 bits per heavy atom. The first-order valence-corrected chi connectivity index (χ1v) is 5.65. The average Bonchev–Trinajstić information content (AvgIpc) is 2.77. The van der Waals surface area contributed by atoms with Crippen molar-refractivity contribution in [2.45, 2.75) is 12.7 Å². The van der Waals surface area contributed by atoms with Gasteiger partial charge in [-0.1, -0.05) is 0 Å². The van der Waals surface area contributed by atoms with Crippen molar-refractivity contribution in [1.29, 1.82) is 0 Å². The van der Waals surface area contributed by atoms with E-state index >= 15 is 0 Å². The molecule has 0 spiro atoms. The largest absolute Gasteiger partial charge is 0.480 e. The Balaban J connectivity index is 2.13. The van der Waals surface area contributed by atoms with Crippen LogP contribution in [0.1, 0.15) is 5.69 Å². The zero-order valence-electron chi connectivity index (χ0n) is 8.91. The summed E-state index contributed by atoms with van der Waals surface area (Å²) in [6.45, 7) is -0.978. The Kier molecular flexibility index (Phi) is 3.25. The Hall–Kier alpha value is -1.28. The van der Waals surface area contributed by atoms with E-state index < -0.39 is 12.7 Å². The van der Waals surface area contributed by atoms with Gasteiger partial charge in [0.15, 0.2) is 4.96 Å². The van der Waals surface area contributed by atoms with Gasteiger partial charge in [0.1, 0.15) is 5.69 Å². The predicted molar refractivity (Wildman–Crippen MR) is 57.4 cm³/mol. The first-order chi connectivity index (χ1) is 8.01. The van der Waals surface area contributed by atoms with E-state index in [1.54, 1.807) is 10.6 Å². The summed E-state index contributed by atoms with van der Waals surface area (Å²) in [7, 11) is 1.44. The molecular weight excluding hydrogens is 255 g/mol. The Bertz CT molecular complexity index is 505. The summed E-state index contributed by atoms with van der Waals surface area (Å²) in [5.41, 5.74) is 0.591. The zero-order chi connectivity index (χ0) is 12.5. The van der Waals surface area contributed by atoms with Crippen LogP contribution in [0.2, 0.25) is 0 Å². The molecule has 4 nitrogen and oxygen atoms in total. The lowest BCUT2D eigenvalue weighted by Crippen LogP contribution is -2.28. The number of fused-ring (bicyclic) bond motifs is 1. The number of methoxy groups -OCH3 is 1. The van der Waals surface area contributed by atoms with Gasteiger partial charge in [0.2, 0.25) is 5.88 Å². The highest BCUT2D eigenvalue weighted by molar-refractivity contribution is 7.15. The summed E-state index contributed by atoms with van der Waals surface area (Å²) in [6, 6.07) is 0. The number of nitrogens with one attached hydrogen (secondary N) is 1. The van der Waals surface area contributed by atoms with Crippen molar-refractivity contribution >= 4 is 16.3 Å². The summed E-state index contributed by atoms with van der Waals surface area (Å²) in [5, 5.41) is 4.14. The summed E-state index contributed by atoms with van der Waals surface area (Å²) in [6.07, 6.45) is -2.47. The predicted octanol–water partition coefficient (Wildman–Crippen LogP) is 2.06. The second-order valence-corrected chi connectivity index (χ2v) is 4.22. The maximum absolute atomic E-state index is 12.0. The number of halogens is 3. The van der Waals surface area contributed by atoms with E-state index in [2.05, 4.69) is 10.3 Å². The number of ether oxygens (including phenoxy) is 1. The summed E-state index contributed by atoms with van der Waals surface area (Å²) < 4.78 is 42.8. The lowest BCUT2D eigenvalue weighted by atomic mass is 10.4. The number of imidazole rings is 1. The fourth-order valence-electron chi connectivity index (χ4n) is 1.46. The molecule has 2 aromatic rings. The van der Waals surface area contributed by atoms with Crippen molar-refractivity contribution < 1.29 is 17.9 Å². The van der Waals surface area contributed by atoms with Gasteiger partial charge in [-0.25, -0.2) is 0 Å². The molecule has 0 saturated heterocycles. The molecule has 0 aliphatic heterocycles. The number of hydrogen-bond acceptors (Lipinski definition) is 4. The van der Waals surface area contributed by atoms with Crippen molar-refractivity contribution in [2.75, 3.05) is 13.7 Å². The Morgan fingerprint density at radius 2 is 2.29 bits per heavy atom. The summed E-state index contributed by atoms with van der Waals surface area (Å²) in [5.74, 6) is 0.353. The smallest absolute Gasteiger partial charge is 0.401 e. The van der Waals surface area contributed by atoms with Crippen molar-refractivity contribution in [2.24, 2.45) is 0 Å². The Morgan fingerprint density at radius 1 is 1.53 bits per heavy atom. The van der Waals surface area contributed by atoms with Gasteiger partial charge >= 0.3 is 6.18 Å². The topological polar surface area (TPSA) is 38.6 Å². The van der Waals surface area contributed by atoms with Gasteiger partial charge in [-0.3, -0.25) is 4.40 Å². The second-order valence-electron chi connectivity index (χ2n) is 3.34. The fraction of sp³-hybridized carbons (Fsp3) is 0.444. The fourth-order valence-corrected chi connectivity index (χ4v) is 2.18. The van der Waals surface area contributed by atoms with Crippen LogP contribution >= 0.6 is 11.3 Å². The third kappa shape index (κ3) is 2.70. The molecule has 0 saturated carbocycles. The first-order valence-electron chi connectivity index (χ1n) is 4.77. The third-order valence-electron chi connectivity index (χ3n) is 2.14. The monoisotopic (exact) mass is 265 g/mol. The molecule has 0 fully saturated rings. The molecule has 0 aliphatic rings. The van der Waals surface area contributed by atoms with E-state index in [0.717, 1.165) is 0 Å². The van der Waals surface area contributed by atoms with Crippen LogP contribution in [-0.2, 0) is 6.54 Å². The molecule has 2 aromatic heterocycles. The highest BCUT2D eigenvalue weighted by Gasteiger charge is 2.26. The molecule has 8 heteroatoms. The normalized spacial score (nSPS) is 12.2. The highest BCUT2D eigenvalue weighted by atomic mass is 32.1. The van der Waals surface area contributed by atoms with Gasteiger partial charge in [-0.15, -0.1) is 11.3 Å². The van der Waals surface area contributed by atoms with Crippen LogP contribution in [0, 0.1) is 0 Å². The van der Waals surface area contributed by atoms with E-state index in [1.807, 2.05) is 5.38 Å². The molecule has 0 amide bonds. The SMILES string of the molecule is COc1nc2sccn2c1CNCC(F)(F)F. The molecular formula is C9H10F3N3OS. The number of thiazole rings is 1. The quantitative estimate of drug-likeness (QED) is 0.919. The number of aromatic nitrogens is 2. The molecule has 0 aromatic carbocycles. The first kappa shape index (κ1) is 12.2. The van der Waals surface area contributed by atoms with E-state index in [1.165, 1.54) is 18.4 Å². The summed E-state index contributed by atoms with van der Waals surface area (Å²) in [4.78, 5) is 4.84.